The molecule has 0 saturated heterocycles. The SMILES string of the molecule is NC(=O)N/N=C(/C=C/c1c(-c2ccccc2)[nH]c2ccccc12)c1ccccc1.NC(=O)N/N=C(/C=C\c1c(-c2ccccc2)[nH]c2ccccc12)c1ccccc1.c1cc[c]([Sn][c]2ccccc2)cc1. The number of hydrazone groups is 2. The van der Waals surface area contributed by atoms with Gasteiger partial charge in [-0.15, -0.1) is 0 Å². The van der Waals surface area contributed by atoms with Crippen LogP contribution in [-0.4, -0.2) is 54.6 Å². The Morgan fingerprint density at radius 2 is 0.718 bits per heavy atom. The summed E-state index contributed by atoms with van der Waals surface area (Å²) in [6, 6.07) is 76.1. The molecule has 2 aromatic heterocycles. The van der Waals surface area contributed by atoms with E-state index in [-0.39, 0.29) is 0 Å². The molecule has 0 aliphatic heterocycles. The maximum absolute atomic E-state index is 11.2. The van der Waals surface area contributed by atoms with E-state index in [0.717, 1.165) is 66.6 Å². The van der Waals surface area contributed by atoms with Gasteiger partial charge >= 0.3 is 101 Å². The van der Waals surface area contributed by atoms with Gasteiger partial charge in [0.2, 0.25) is 0 Å². The van der Waals surface area contributed by atoms with Gasteiger partial charge in [-0.1, -0.05) is 158 Å². The van der Waals surface area contributed by atoms with E-state index in [0.29, 0.717) is 11.4 Å². The minimum absolute atomic E-state index is 0.517. The molecule has 0 atom stereocenters. The minimum atomic E-state index is -0.705. The van der Waals surface area contributed by atoms with Crippen LogP contribution in [0.1, 0.15) is 22.3 Å². The van der Waals surface area contributed by atoms with Crippen molar-refractivity contribution in [1.29, 1.82) is 0 Å². The fourth-order valence-electron chi connectivity index (χ4n) is 7.72. The molecule has 10 rings (SSSR count). The number of amides is 4. The summed E-state index contributed by atoms with van der Waals surface area (Å²) in [5, 5.41) is 10.6. The number of nitrogens with two attached hydrogens (primary N) is 2. The summed E-state index contributed by atoms with van der Waals surface area (Å²) < 4.78 is 3.08. The number of carbonyl (C=O) groups is 2. The van der Waals surface area contributed by atoms with Crippen molar-refractivity contribution in [3.8, 4) is 22.5 Å². The molecular formula is C60H50N8O2Sn. The summed E-state index contributed by atoms with van der Waals surface area (Å²) >= 11 is -0.517. The predicted molar refractivity (Wildman–Crippen MR) is 295 cm³/mol. The zero-order valence-corrected chi connectivity index (χ0v) is 41.5. The number of aromatic amines is 2. The van der Waals surface area contributed by atoms with Crippen LogP contribution in [0.25, 0.3) is 56.5 Å². The quantitative estimate of drug-likeness (QED) is 0.0408. The number of urea groups is 2. The molecule has 4 amide bonds. The van der Waals surface area contributed by atoms with Gasteiger partial charge in [0.05, 0.1) is 22.8 Å². The van der Waals surface area contributed by atoms with Crippen molar-refractivity contribution in [2.24, 2.45) is 21.7 Å². The molecule has 71 heavy (non-hydrogen) atoms. The van der Waals surface area contributed by atoms with Gasteiger partial charge in [-0.2, -0.15) is 10.2 Å². The predicted octanol–water partition coefficient (Wildman–Crippen LogP) is 11.2. The first-order chi connectivity index (χ1) is 34.9. The molecule has 2 heterocycles. The van der Waals surface area contributed by atoms with Crippen molar-refractivity contribution < 1.29 is 9.59 Å². The number of hydrogen-bond acceptors (Lipinski definition) is 4. The number of nitrogens with zero attached hydrogens (tertiary/aromatic N) is 2. The number of rotatable bonds is 12. The van der Waals surface area contributed by atoms with Gasteiger partial charge in [0.15, 0.2) is 0 Å². The van der Waals surface area contributed by atoms with Crippen molar-refractivity contribution >= 4 is 85.7 Å². The monoisotopic (exact) mass is 1030 g/mol. The van der Waals surface area contributed by atoms with Crippen molar-refractivity contribution in [2.45, 2.75) is 0 Å². The number of nitrogens with one attached hydrogen (secondary N) is 4. The standard InChI is InChI=1S/2C24H20N4O.2C6H5.Sn/c2*25-24(29)28-27-21(17-9-3-1-4-10-17)16-15-20-19-13-7-8-14-22(19)26-23(20)18-11-5-2-6-12-18;2*1-2-4-6-5-3-1;/h2*1-16,26H,(H3,25,28,29);2*1-5H;/b16-15+,27-21-;16-15-,27-21-;;;. The Kier molecular flexibility index (Phi) is 17.0. The molecule has 0 bridgehead atoms. The van der Waals surface area contributed by atoms with Crippen LogP contribution in [0.3, 0.4) is 0 Å². The molecule has 0 fully saturated rings. The number of carbonyl (C=O) groups excluding carboxylic acids is 2. The summed E-state index contributed by atoms with van der Waals surface area (Å²) in [6.45, 7) is 0. The second kappa shape index (κ2) is 24.9. The molecule has 8 N–H and O–H groups in total. The van der Waals surface area contributed by atoms with Crippen LogP contribution in [-0.2, 0) is 0 Å². The van der Waals surface area contributed by atoms with E-state index in [1.54, 1.807) is 0 Å². The fraction of sp³-hybridized carbons (Fsp3) is 0. The molecule has 346 valence electrons. The number of fused-ring (bicyclic) bond motifs is 2. The summed E-state index contributed by atoms with van der Waals surface area (Å²) in [7, 11) is 0. The molecule has 0 aliphatic rings. The van der Waals surface area contributed by atoms with Crippen LogP contribution in [0, 0.1) is 0 Å². The van der Waals surface area contributed by atoms with Gasteiger partial charge in [0.1, 0.15) is 0 Å². The second-order valence-electron chi connectivity index (χ2n) is 15.9. The summed E-state index contributed by atoms with van der Waals surface area (Å²) in [5.74, 6) is 0. The van der Waals surface area contributed by atoms with Crippen molar-refractivity contribution in [2.75, 3.05) is 0 Å². The van der Waals surface area contributed by atoms with Crippen LogP contribution in [0.2, 0.25) is 0 Å². The molecule has 10 aromatic rings. The van der Waals surface area contributed by atoms with Crippen LogP contribution < -0.4 is 29.5 Å². The average Bonchev–Trinajstić information content (AvgIpc) is 3.99. The van der Waals surface area contributed by atoms with Crippen LogP contribution >= 0.6 is 0 Å². The number of primary amides is 2. The summed E-state index contributed by atoms with van der Waals surface area (Å²) in [4.78, 5) is 29.3. The van der Waals surface area contributed by atoms with Gasteiger partial charge in [0.25, 0.3) is 0 Å². The number of allylic oxidation sites excluding steroid dienone is 2. The third-order valence-corrected chi connectivity index (χ3v) is 14.5. The maximum atomic E-state index is 11.2. The van der Waals surface area contributed by atoms with Gasteiger partial charge in [-0.25, -0.2) is 20.4 Å². The summed E-state index contributed by atoms with van der Waals surface area (Å²) in [6.07, 6.45) is 7.78. The van der Waals surface area contributed by atoms with Gasteiger partial charge in [0, 0.05) is 44.1 Å². The molecule has 0 aliphatic carbocycles. The number of aromatic nitrogens is 2. The molecule has 2 radical (unpaired) electrons. The number of H-pyrrole nitrogens is 2. The first-order valence-electron chi connectivity index (χ1n) is 22.8. The average molecular weight is 1030 g/mol. The molecule has 0 spiro atoms. The summed E-state index contributed by atoms with van der Waals surface area (Å²) in [5.41, 5.74) is 26.5. The first-order valence-corrected chi connectivity index (χ1v) is 25.7. The number of para-hydroxylation sites is 2. The van der Waals surface area contributed by atoms with E-state index in [1.807, 2.05) is 146 Å². The molecule has 0 saturated carbocycles. The first kappa shape index (κ1) is 48.5. The van der Waals surface area contributed by atoms with E-state index in [1.165, 1.54) is 7.16 Å². The number of benzene rings is 8. The Hall–Kier alpha value is -9.00. The van der Waals surface area contributed by atoms with Crippen LogP contribution in [0.4, 0.5) is 9.59 Å². The van der Waals surface area contributed by atoms with Crippen molar-refractivity contribution in [3.05, 3.63) is 265 Å². The zero-order chi connectivity index (χ0) is 49.0. The molecular weight excluding hydrogens is 983 g/mol. The van der Waals surface area contributed by atoms with E-state index in [4.69, 9.17) is 11.5 Å². The van der Waals surface area contributed by atoms with Gasteiger partial charge in [-0.05, 0) is 47.6 Å². The molecule has 11 heteroatoms. The normalized spacial score (nSPS) is 11.4. The van der Waals surface area contributed by atoms with E-state index >= 15 is 0 Å². The van der Waals surface area contributed by atoms with Crippen molar-refractivity contribution in [1.82, 2.24) is 20.8 Å². The second-order valence-corrected chi connectivity index (χ2v) is 19.9. The third-order valence-electron chi connectivity index (χ3n) is 11.0. The Labute approximate surface area is 422 Å². The Bertz CT molecular complexity index is 3200. The van der Waals surface area contributed by atoms with E-state index < -0.39 is 33.2 Å². The van der Waals surface area contributed by atoms with Crippen LogP contribution in [0.15, 0.2) is 253 Å². The van der Waals surface area contributed by atoms with E-state index in [9.17, 15) is 9.59 Å². The van der Waals surface area contributed by atoms with Crippen LogP contribution in [0.5, 0.6) is 0 Å². The number of hydrogen-bond donors (Lipinski definition) is 6. The fourth-order valence-corrected chi connectivity index (χ4v) is 10.7. The zero-order valence-electron chi connectivity index (χ0n) is 38.6. The molecule has 8 aromatic carbocycles. The van der Waals surface area contributed by atoms with E-state index in [2.05, 4.69) is 140 Å². The molecule has 10 nitrogen and oxygen atoms in total. The third kappa shape index (κ3) is 13.6. The topological polar surface area (TPSA) is 167 Å². The van der Waals surface area contributed by atoms with Crippen molar-refractivity contribution in [3.63, 3.8) is 0 Å². The Morgan fingerprint density at radius 1 is 0.408 bits per heavy atom. The Morgan fingerprint density at radius 3 is 1.07 bits per heavy atom. The van der Waals surface area contributed by atoms with Gasteiger partial charge in [-0.3, -0.25) is 0 Å². The molecule has 0 unspecified atom stereocenters. The Balaban J connectivity index is 0.000000153. The van der Waals surface area contributed by atoms with Gasteiger partial charge < -0.3 is 21.4 Å².